The van der Waals surface area contributed by atoms with Gasteiger partial charge < -0.3 is 29.4 Å². The van der Waals surface area contributed by atoms with Crippen molar-refractivity contribution in [2.75, 3.05) is 26.2 Å². The van der Waals surface area contributed by atoms with E-state index in [1.165, 1.54) is 48.6 Å². The van der Waals surface area contributed by atoms with Gasteiger partial charge in [-0.05, 0) is 97.1 Å². The van der Waals surface area contributed by atoms with Gasteiger partial charge in [-0.15, -0.1) is 0 Å². The van der Waals surface area contributed by atoms with E-state index in [0.717, 1.165) is 46.2 Å². The van der Waals surface area contributed by atoms with Crippen LogP contribution in [0.4, 0.5) is 0 Å². The quantitative estimate of drug-likeness (QED) is 0.112. The number of hydrogen-bond donors (Lipinski definition) is 2. The third-order valence-corrected chi connectivity index (χ3v) is 10.2. The summed E-state index contributed by atoms with van der Waals surface area (Å²) < 4.78 is 15.9. The molecule has 0 bridgehead atoms. The lowest BCUT2D eigenvalue weighted by Crippen LogP contribution is -2.28. The van der Waals surface area contributed by atoms with E-state index in [-0.39, 0.29) is 25.9 Å². The summed E-state index contributed by atoms with van der Waals surface area (Å²) in [5.41, 5.74) is 6.55. The summed E-state index contributed by atoms with van der Waals surface area (Å²) in [6.45, 7) is 7.46. The van der Waals surface area contributed by atoms with Crippen molar-refractivity contribution in [3.05, 3.63) is 111 Å². The molecule has 2 N–H and O–H groups in total. The molecule has 1 atom stereocenters. The maximum absolute atomic E-state index is 9.51. The summed E-state index contributed by atoms with van der Waals surface area (Å²) in [6.07, 6.45) is 9.20. The average molecular weight is 743 g/mol. The number of aromatic nitrogens is 2. The minimum absolute atomic E-state index is 0.00483. The Kier molecular flexibility index (Phi) is 11.9. The van der Waals surface area contributed by atoms with Gasteiger partial charge in [0.25, 0.3) is 0 Å². The molecule has 1 aliphatic heterocycles. The number of benzene rings is 3. The second-order valence-corrected chi connectivity index (χ2v) is 13.8. The molecule has 0 saturated carbocycles. The molecule has 49 heavy (non-hydrogen) atoms. The normalized spacial score (nSPS) is 13.9. The molecule has 2 aromatic heterocycles. The van der Waals surface area contributed by atoms with Gasteiger partial charge in [-0.25, -0.2) is 0 Å². The molecule has 0 aliphatic carbocycles. The summed E-state index contributed by atoms with van der Waals surface area (Å²) in [7, 11) is 0. The molecular formula is C39H41BrClN5O3. The highest BCUT2D eigenvalue weighted by molar-refractivity contribution is 9.10. The average Bonchev–Trinajstić information content (AvgIpc) is 3.80. The number of halogens is 2. The van der Waals surface area contributed by atoms with E-state index < -0.39 is 0 Å². The van der Waals surface area contributed by atoms with Crippen molar-refractivity contribution >= 4 is 38.4 Å². The second kappa shape index (κ2) is 16.7. The number of pyridine rings is 1. The number of aliphatic hydroxyl groups is 1. The molecule has 0 spiro atoms. The first-order valence-electron chi connectivity index (χ1n) is 16.8. The van der Waals surface area contributed by atoms with Crippen LogP contribution in [-0.2, 0) is 26.3 Å². The zero-order valence-electron chi connectivity index (χ0n) is 27.7. The second-order valence-electron chi connectivity index (χ2n) is 12.6. The largest absolute Gasteiger partial charge is 0.488 e. The number of hydrogen-bond acceptors (Lipinski definition) is 7. The Hall–Kier alpha value is -3.91. The molecule has 10 heteroatoms. The summed E-state index contributed by atoms with van der Waals surface area (Å²) >= 11 is 10.7. The van der Waals surface area contributed by atoms with Crippen molar-refractivity contribution in [2.45, 2.75) is 58.5 Å². The van der Waals surface area contributed by atoms with Crippen molar-refractivity contribution in [3.8, 4) is 28.7 Å². The fourth-order valence-corrected chi connectivity index (χ4v) is 7.11. The highest BCUT2D eigenvalue weighted by Gasteiger charge is 2.17. The lowest BCUT2D eigenvalue weighted by molar-refractivity contribution is 0.249. The smallest absolute Gasteiger partial charge is 0.142 e. The number of nitriles is 1. The molecule has 254 valence electrons. The van der Waals surface area contributed by atoms with E-state index in [0.29, 0.717) is 28.6 Å². The summed E-state index contributed by atoms with van der Waals surface area (Å²) in [5.74, 6) is 1.08. The Bertz CT molecular complexity index is 1930. The number of aliphatic hydroxyl groups excluding tert-OH is 1. The van der Waals surface area contributed by atoms with Crippen LogP contribution in [0.3, 0.4) is 0 Å². The fourth-order valence-electron chi connectivity index (χ4n) is 6.28. The van der Waals surface area contributed by atoms with Gasteiger partial charge in [0.05, 0.1) is 17.2 Å². The molecule has 1 aliphatic rings. The fraction of sp³-hybridized carbons (Fsp3) is 0.333. The maximum atomic E-state index is 9.51. The van der Waals surface area contributed by atoms with Crippen LogP contribution in [0.5, 0.6) is 11.5 Å². The number of ether oxygens (including phenoxy) is 2. The van der Waals surface area contributed by atoms with Crippen LogP contribution in [0.25, 0.3) is 22.0 Å². The van der Waals surface area contributed by atoms with Crippen LogP contribution in [0, 0.1) is 11.3 Å². The van der Waals surface area contributed by atoms with Crippen molar-refractivity contribution in [3.63, 3.8) is 0 Å². The molecule has 1 fully saturated rings. The van der Waals surface area contributed by atoms with Crippen LogP contribution in [0.2, 0.25) is 5.02 Å². The molecule has 6 rings (SSSR count). The van der Waals surface area contributed by atoms with Gasteiger partial charge in [-0.1, -0.05) is 41.9 Å². The Labute approximate surface area is 301 Å². The van der Waals surface area contributed by atoms with Crippen molar-refractivity contribution in [1.82, 2.24) is 19.8 Å². The number of aryl methyl sites for hydroxylation is 1. The van der Waals surface area contributed by atoms with Gasteiger partial charge in [0.2, 0.25) is 0 Å². The zero-order valence-corrected chi connectivity index (χ0v) is 30.0. The predicted molar refractivity (Wildman–Crippen MR) is 198 cm³/mol. The number of likely N-dealkylation sites (tertiary alicyclic amines) is 1. The van der Waals surface area contributed by atoms with E-state index in [9.17, 15) is 10.4 Å². The number of nitrogens with one attached hydrogen (secondary N) is 1. The molecule has 3 aromatic carbocycles. The molecule has 0 amide bonds. The Morgan fingerprint density at radius 3 is 2.59 bits per heavy atom. The van der Waals surface area contributed by atoms with Gasteiger partial charge in [-0.2, -0.15) is 5.26 Å². The van der Waals surface area contributed by atoms with Crippen LogP contribution in [0.1, 0.15) is 48.4 Å². The standard InChI is InChI=1S/C39H41BrClN5O3/c1-27(24-47)44-23-31-18-35(41)38(19-37(31)48-25-29-17-28(20-42)21-43-22-29)49-26-30-7-4-9-34(39(30)40)32-8-5-10-36-33(32)11-16-46(36)15-6-14-45-12-2-3-13-45/h4-5,7-11,16-19,21-22,27,44,47H,2-3,6,12-15,23-26H2,1H3. The van der Waals surface area contributed by atoms with E-state index in [2.05, 4.69) is 84.4 Å². The number of fused-ring (bicyclic) bond motifs is 1. The van der Waals surface area contributed by atoms with Crippen LogP contribution in [-0.4, -0.2) is 51.8 Å². The maximum Gasteiger partial charge on any atom is 0.142 e. The summed E-state index contributed by atoms with van der Waals surface area (Å²) in [6, 6.07) is 22.4. The molecule has 1 unspecified atom stereocenters. The molecule has 8 nitrogen and oxygen atoms in total. The highest BCUT2D eigenvalue weighted by atomic mass is 79.9. The first-order valence-corrected chi connectivity index (χ1v) is 17.9. The Balaban J connectivity index is 1.20. The molecule has 1 saturated heterocycles. The van der Waals surface area contributed by atoms with E-state index in [4.69, 9.17) is 21.1 Å². The van der Waals surface area contributed by atoms with Crippen LogP contribution < -0.4 is 14.8 Å². The van der Waals surface area contributed by atoms with E-state index in [1.807, 2.05) is 19.1 Å². The lowest BCUT2D eigenvalue weighted by Gasteiger charge is -2.18. The SMILES string of the molecule is CC(CO)NCc1cc(Cl)c(OCc2cccc(-c3cccc4c3ccn4CCCN3CCCC3)c2Br)cc1OCc1cncc(C#N)c1. The zero-order chi connectivity index (χ0) is 34.2. The van der Waals surface area contributed by atoms with Crippen molar-refractivity contribution < 1.29 is 14.6 Å². The summed E-state index contributed by atoms with van der Waals surface area (Å²) in [4.78, 5) is 6.71. The molecule has 5 aromatic rings. The highest BCUT2D eigenvalue weighted by Crippen LogP contribution is 2.38. The van der Waals surface area contributed by atoms with Crippen LogP contribution >= 0.6 is 27.5 Å². The van der Waals surface area contributed by atoms with Gasteiger partial charge in [0, 0.05) is 75.9 Å². The van der Waals surface area contributed by atoms with E-state index in [1.54, 1.807) is 18.3 Å². The van der Waals surface area contributed by atoms with Gasteiger partial charge in [0.1, 0.15) is 30.8 Å². The first kappa shape index (κ1) is 34.9. The Morgan fingerprint density at radius 1 is 0.980 bits per heavy atom. The predicted octanol–water partition coefficient (Wildman–Crippen LogP) is 8.11. The summed E-state index contributed by atoms with van der Waals surface area (Å²) in [5, 5.41) is 23.7. The molecular weight excluding hydrogens is 702 g/mol. The number of rotatable bonds is 15. The Morgan fingerprint density at radius 2 is 1.78 bits per heavy atom. The molecule has 0 radical (unpaired) electrons. The van der Waals surface area contributed by atoms with Gasteiger partial charge in [-0.3, -0.25) is 4.98 Å². The monoisotopic (exact) mass is 741 g/mol. The van der Waals surface area contributed by atoms with Gasteiger partial charge in [0.15, 0.2) is 0 Å². The van der Waals surface area contributed by atoms with Gasteiger partial charge >= 0.3 is 0 Å². The van der Waals surface area contributed by atoms with Crippen LogP contribution in [0.15, 0.2) is 83.7 Å². The minimum atomic E-state index is -0.104. The topological polar surface area (TPSA) is 95.6 Å². The first-order chi connectivity index (χ1) is 23.9. The third-order valence-electron chi connectivity index (χ3n) is 8.99. The number of nitrogens with zero attached hydrogens (tertiary/aromatic N) is 4. The lowest BCUT2D eigenvalue weighted by atomic mass is 10.00. The van der Waals surface area contributed by atoms with E-state index >= 15 is 0 Å². The third kappa shape index (κ3) is 8.64. The minimum Gasteiger partial charge on any atom is -0.488 e. The van der Waals surface area contributed by atoms with Crippen molar-refractivity contribution in [2.24, 2.45) is 0 Å². The van der Waals surface area contributed by atoms with Crippen molar-refractivity contribution in [1.29, 1.82) is 5.26 Å². The molecule has 3 heterocycles.